The molecule has 2 aromatic carbocycles. The fraction of sp³-hybridized carbons (Fsp3) is 0.143. The molecule has 0 amide bonds. The molecule has 94 valence electrons. The molecule has 0 radical (unpaired) electrons. The SMILES string of the molecule is Cc1ccc(Br)cc1OCc1cccc(F)c1F. The molecule has 0 fully saturated rings. The summed E-state index contributed by atoms with van der Waals surface area (Å²) in [5, 5.41) is 0. The number of hydrogen-bond acceptors (Lipinski definition) is 1. The normalized spacial score (nSPS) is 10.4. The topological polar surface area (TPSA) is 9.23 Å². The average molecular weight is 313 g/mol. The van der Waals surface area contributed by atoms with Crippen molar-refractivity contribution in [1.82, 2.24) is 0 Å². The molecule has 4 heteroatoms. The fourth-order valence-electron chi connectivity index (χ4n) is 1.54. The van der Waals surface area contributed by atoms with E-state index in [2.05, 4.69) is 15.9 Å². The van der Waals surface area contributed by atoms with Crippen LogP contribution in [0.15, 0.2) is 40.9 Å². The highest BCUT2D eigenvalue weighted by Gasteiger charge is 2.08. The summed E-state index contributed by atoms with van der Waals surface area (Å²) in [5.41, 5.74) is 1.14. The minimum absolute atomic E-state index is 0.000880. The second-order valence-electron chi connectivity index (χ2n) is 3.91. The van der Waals surface area contributed by atoms with Gasteiger partial charge in [0.25, 0.3) is 0 Å². The molecule has 0 N–H and O–H groups in total. The molecule has 0 atom stereocenters. The Morgan fingerprint density at radius 2 is 1.94 bits per heavy atom. The summed E-state index contributed by atoms with van der Waals surface area (Å²) >= 11 is 3.33. The van der Waals surface area contributed by atoms with E-state index >= 15 is 0 Å². The van der Waals surface area contributed by atoms with E-state index in [9.17, 15) is 8.78 Å². The summed E-state index contributed by atoms with van der Waals surface area (Å²) in [6.45, 7) is 1.89. The maximum absolute atomic E-state index is 13.4. The summed E-state index contributed by atoms with van der Waals surface area (Å²) in [7, 11) is 0. The van der Waals surface area contributed by atoms with Crippen LogP contribution in [-0.4, -0.2) is 0 Å². The van der Waals surface area contributed by atoms with E-state index in [1.54, 1.807) is 6.07 Å². The maximum Gasteiger partial charge on any atom is 0.165 e. The van der Waals surface area contributed by atoms with E-state index in [-0.39, 0.29) is 12.2 Å². The van der Waals surface area contributed by atoms with E-state index in [1.807, 2.05) is 19.1 Å². The van der Waals surface area contributed by atoms with Crippen LogP contribution in [0.4, 0.5) is 8.78 Å². The Morgan fingerprint density at radius 1 is 1.17 bits per heavy atom. The number of benzene rings is 2. The number of aryl methyl sites for hydroxylation is 1. The van der Waals surface area contributed by atoms with Crippen molar-refractivity contribution in [3.05, 3.63) is 63.6 Å². The summed E-state index contributed by atoms with van der Waals surface area (Å²) in [5.74, 6) is -1.07. The molecule has 0 heterocycles. The number of rotatable bonds is 3. The van der Waals surface area contributed by atoms with Crippen molar-refractivity contribution < 1.29 is 13.5 Å². The van der Waals surface area contributed by atoms with Crippen molar-refractivity contribution in [2.75, 3.05) is 0 Å². The van der Waals surface area contributed by atoms with Gasteiger partial charge in [0.2, 0.25) is 0 Å². The summed E-state index contributed by atoms with van der Waals surface area (Å²) in [6, 6.07) is 9.64. The van der Waals surface area contributed by atoms with E-state index in [4.69, 9.17) is 4.74 Å². The van der Waals surface area contributed by atoms with Crippen LogP contribution >= 0.6 is 15.9 Å². The zero-order valence-corrected chi connectivity index (χ0v) is 11.3. The van der Waals surface area contributed by atoms with E-state index < -0.39 is 11.6 Å². The molecule has 1 nitrogen and oxygen atoms in total. The molecular weight excluding hydrogens is 302 g/mol. The molecule has 0 aliphatic carbocycles. The van der Waals surface area contributed by atoms with Crippen LogP contribution in [0.1, 0.15) is 11.1 Å². The molecule has 0 saturated carbocycles. The van der Waals surface area contributed by atoms with E-state index in [1.165, 1.54) is 12.1 Å². The molecule has 0 aromatic heterocycles. The third-order valence-electron chi connectivity index (χ3n) is 2.56. The van der Waals surface area contributed by atoms with Crippen molar-refractivity contribution in [3.8, 4) is 5.75 Å². The lowest BCUT2D eigenvalue weighted by atomic mass is 10.2. The molecule has 0 aliphatic rings. The van der Waals surface area contributed by atoms with Gasteiger partial charge < -0.3 is 4.74 Å². The summed E-state index contributed by atoms with van der Waals surface area (Å²) in [6.07, 6.45) is 0. The number of ether oxygens (including phenoxy) is 1. The highest BCUT2D eigenvalue weighted by molar-refractivity contribution is 9.10. The Bertz CT molecular complexity index is 568. The Kier molecular flexibility index (Phi) is 3.97. The number of hydrogen-bond donors (Lipinski definition) is 0. The minimum atomic E-state index is -0.859. The van der Waals surface area contributed by atoms with Gasteiger partial charge in [-0.25, -0.2) is 8.78 Å². The minimum Gasteiger partial charge on any atom is -0.488 e. The Labute approximate surface area is 113 Å². The molecule has 0 aliphatic heterocycles. The second kappa shape index (κ2) is 5.48. The lowest BCUT2D eigenvalue weighted by molar-refractivity contribution is 0.295. The molecule has 2 aromatic rings. The van der Waals surface area contributed by atoms with Crippen LogP contribution in [0.2, 0.25) is 0 Å². The van der Waals surface area contributed by atoms with E-state index in [0.717, 1.165) is 16.1 Å². The monoisotopic (exact) mass is 312 g/mol. The van der Waals surface area contributed by atoms with Gasteiger partial charge in [0.1, 0.15) is 12.4 Å². The van der Waals surface area contributed by atoms with Crippen molar-refractivity contribution in [2.24, 2.45) is 0 Å². The highest BCUT2D eigenvalue weighted by atomic mass is 79.9. The fourth-order valence-corrected chi connectivity index (χ4v) is 1.88. The first-order valence-corrected chi connectivity index (χ1v) is 6.19. The van der Waals surface area contributed by atoms with Crippen molar-refractivity contribution in [3.63, 3.8) is 0 Å². The lowest BCUT2D eigenvalue weighted by Crippen LogP contribution is -2.01. The first kappa shape index (κ1) is 13.0. The van der Waals surface area contributed by atoms with Crippen molar-refractivity contribution in [1.29, 1.82) is 0 Å². The zero-order chi connectivity index (χ0) is 13.1. The van der Waals surface area contributed by atoms with Gasteiger partial charge in [0.05, 0.1) is 0 Å². The van der Waals surface area contributed by atoms with Crippen LogP contribution in [0.25, 0.3) is 0 Å². The van der Waals surface area contributed by atoms with Gasteiger partial charge in [-0.3, -0.25) is 0 Å². The molecule has 0 unspecified atom stereocenters. The van der Waals surface area contributed by atoms with Gasteiger partial charge in [-0.2, -0.15) is 0 Å². The quantitative estimate of drug-likeness (QED) is 0.804. The molecule has 2 rings (SSSR count). The molecule has 0 spiro atoms. The van der Waals surface area contributed by atoms with E-state index in [0.29, 0.717) is 5.75 Å². The highest BCUT2D eigenvalue weighted by Crippen LogP contribution is 2.24. The molecular formula is C14H11BrF2O. The zero-order valence-electron chi connectivity index (χ0n) is 9.71. The summed E-state index contributed by atoms with van der Waals surface area (Å²) < 4.78 is 32.8. The van der Waals surface area contributed by atoms with Gasteiger partial charge in [0, 0.05) is 10.0 Å². The third kappa shape index (κ3) is 2.88. The Morgan fingerprint density at radius 3 is 2.72 bits per heavy atom. The van der Waals surface area contributed by atoms with Crippen LogP contribution in [0, 0.1) is 18.6 Å². The lowest BCUT2D eigenvalue weighted by Gasteiger charge is -2.10. The predicted molar refractivity (Wildman–Crippen MR) is 69.6 cm³/mol. The molecule has 0 bridgehead atoms. The van der Waals surface area contributed by atoms with Gasteiger partial charge in [-0.1, -0.05) is 34.1 Å². The average Bonchev–Trinajstić information content (AvgIpc) is 2.35. The Hall–Kier alpha value is -1.42. The van der Waals surface area contributed by atoms with Crippen molar-refractivity contribution >= 4 is 15.9 Å². The van der Waals surface area contributed by atoms with Crippen LogP contribution in [-0.2, 0) is 6.61 Å². The maximum atomic E-state index is 13.4. The van der Waals surface area contributed by atoms with Gasteiger partial charge >= 0.3 is 0 Å². The van der Waals surface area contributed by atoms with Gasteiger partial charge in [-0.15, -0.1) is 0 Å². The first-order chi connectivity index (χ1) is 8.58. The Balaban J connectivity index is 2.16. The van der Waals surface area contributed by atoms with Crippen LogP contribution in [0.5, 0.6) is 5.75 Å². The van der Waals surface area contributed by atoms with Crippen LogP contribution < -0.4 is 4.74 Å². The largest absolute Gasteiger partial charge is 0.488 e. The third-order valence-corrected chi connectivity index (χ3v) is 3.06. The van der Waals surface area contributed by atoms with Crippen LogP contribution in [0.3, 0.4) is 0 Å². The standard InChI is InChI=1S/C14H11BrF2O/c1-9-5-6-11(15)7-13(9)18-8-10-3-2-4-12(16)14(10)17/h2-7H,8H2,1H3. The summed E-state index contributed by atoms with van der Waals surface area (Å²) in [4.78, 5) is 0. The molecule has 0 saturated heterocycles. The number of halogens is 3. The predicted octanol–water partition coefficient (Wildman–Crippen LogP) is 4.61. The van der Waals surface area contributed by atoms with Crippen molar-refractivity contribution in [2.45, 2.75) is 13.5 Å². The van der Waals surface area contributed by atoms with Gasteiger partial charge in [0.15, 0.2) is 11.6 Å². The smallest absolute Gasteiger partial charge is 0.165 e. The molecule has 18 heavy (non-hydrogen) atoms. The van der Waals surface area contributed by atoms with Gasteiger partial charge in [-0.05, 0) is 30.7 Å². The first-order valence-electron chi connectivity index (χ1n) is 5.40. The second-order valence-corrected chi connectivity index (χ2v) is 4.83.